The molecule has 0 aliphatic heterocycles. The van der Waals surface area contributed by atoms with E-state index in [-0.39, 0.29) is 18.1 Å². The molecule has 0 aliphatic rings. The second-order valence-electron chi connectivity index (χ2n) is 3.60. The van der Waals surface area contributed by atoms with Gasteiger partial charge in [0.25, 0.3) is 0 Å². The lowest BCUT2D eigenvalue weighted by atomic mass is 10.1. The van der Waals surface area contributed by atoms with Crippen molar-refractivity contribution in [2.45, 2.75) is 39.8 Å². The summed E-state index contributed by atoms with van der Waals surface area (Å²) in [7, 11) is 0. The summed E-state index contributed by atoms with van der Waals surface area (Å²) < 4.78 is 0. The molecule has 3 unspecified atom stereocenters. The van der Waals surface area contributed by atoms with Crippen LogP contribution in [0.1, 0.15) is 27.7 Å². The van der Waals surface area contributed by atoms with Crippen LogP contribution in [0.25, 0.3) is 0 Å². The van der Waals surface area contributed by atoms with Crippen molar-refractivity contribution in [3.8, 4) is 6.07 Å². The standard InChI is InChI=1S/C10H20N2O/c1-5-12(7-8(2)6-11)9(3)10(4)13/h8-10,13H,5,7H2,1-4H3. The molecule has 0 saturated heterocycles. The van der Waals surface area contributed by atoms with Crippen molar-refractivity contribution in [3.05, 3.63) is 0 Å². The van der Waals surface area contributed by atoms with Crippen molar-refractivity contribution >= 4 is 0 Å². The predicted molar refractivity (Wildman–Crippen MR) is 53.2 cm³/mol. The first kappa shape index (κ1) is 12.4. The van der Waals surface area contributed by atoms with Crippen molar-refractivity contribution in [3.63, 3.8) is 0 Å². The first-order chi connectivity index (χ1) is 6.02. The Morgan fingerprint density at radius 3 is 2.23 bits per heavy atom. The highest BCUT2D eigenvalue weighted by atomic mass is 16.3. The molecule has 0 aromatic carbocycles. The van der Waals surface area contributed by atoms with Gasteiger partial charge in [-0.15, -0.1) is 0 Å². The molecule has 3 heteroatoms. The van der Waals surface area contributed by atoms with Crippen molar-refractivity contribution in [2.75, 3.05) is 13.1 Å². The second kappa shape index (κ2) is 5.95. The molecule has 3 atom stereocenters. The summed E-state index contributed by atoms with van der Waals surface area (Å²) in [5, 5.41) is 18.0. The normalized spacial score (nSPS) is 17.9. The van der Waals surface area contributed by atoms with E-state index in [0.29, 0.717) is 0 Å². The Morgan fingerprint density at radius 1 is 1.38 bits per heavy atom. The molecule has 13 heavy (non-hydrogen) atoms. The summed E-state index contributed by atoms with van der Waals surface area (Å²) in [6.45, 7) is 9.32. The highest BCUT2D eigenvalue weighted by Gasteiger charge is 2.18. The summed E-state index contributed by atoms with van der Waals surface area (Å²) in [5.74, 6) is 0.0288. The van der Waals surface area contributed by atoms with Crippen LogP contribution in [-0.2, 0) is 0 Å². The monoisotopic (exact) mass is 184 g/mol. The van der Waals surface area contributed by atoms with Crippen LogP contribution in [0.5, 0.6) is 0 Å². The third kappa shape index (κ3) is 4.25. The Hall–Kier alpha value is -0.590. The molecule has 0 rings (SSSR count). The lowest BCUT2D eigenvalue weighted by Crippen LogP contribution is -2.42. The fraction of sp³-hybridized carbons (Fsp3) is 0.900. The number of likely N-dealkylation sites (N-methyl/N-ethyl adjacent to an activating group) is 1. The fourth-order valence-corrected chi connectivity index (χ4v) is 1.28. The lowest BCUT2D eigenvalue weighted by molar-refractivity contribution is 0.0695. The number of nitriles is 1. The largest absolute Gasteiger partial charge is 0.392 e. The Kier molecular flexibility index (Phi) is 5.68. The van der Waals surface area contributed by atoms with Gasteiger partial charge in [0.15, 0.2) is 0 Å². The van der Waals surface area contributed by atoms with Gasteiger partial charge in [-0.2, -0.15) is 5.26 Å². The molecule has 1 N–H and O–H groups in total. The fourth-order valence-electron chi connectivity index (χ4n) is 1.28. The molecule has 0 aromatic heterocycles. The van der Waals surface area contributed by atoms with Gasteiger partial charge in [-0.05, 0) is 27.3 Å². The van der Waals surface area contributed by atoms with Gasteiger partial charge in [0.1, 0.15) is 0 Å². The van der Waals surface area contributed by atoms with Crippen LogP contribution in [-0.4, -0.2) is 35.2 Å². The summed E-state index contributed by atoms with van der Waals surface area (Å²) in [4.78, 5) is 2.12. The van der Waals surface area contributed by atoms with Crippen LogP contribution < -0.4 is 0 Å². The molecule has 0 aliphatic carbocycles. The molecule has 0 bridgehead atoms. The maximum Gasteiger partial charge on any atom is 0.0666 e. The number of nitrogens with zero attached hydrogens (tertiary/aromatic N) is 2. The summed E-state index contributed by atoms with van der Waals surface area (Å²) >= 11 is 0. The Morgan fingerprint density at radius 2 is 1.92 bits per heavy atom. The van der Waals surface area contributed by atoms with Crippen molar-refractivity contribution in [2.24, 2.45) is 5.92 Å². The Labute approximate surface area is 81.0 Å². The van der Waals surface area contributed by atoms with E-state index in [4.69, 9.17) is 5.26 Å². The van der Waals surface area contributed by atoms with Gasteiger partial charge in [-0.1, -0.05) is 6.92 Å². The number of hydrogen-bond acceptors (Lipinski definition) is 3. The van der Waals surface area contributed by atoms with Crippen molar-refractivity contribution in [1.29, 1.82) is 5.26 Å². The third-order valence-corrected chi connectivity index (χ3v) is 2.41. The van der Waals surface area contributed by atoms with E-state index in [1.54, 1.807) is 6.92 Å². The van der Waals surface area contributed by atoms with Gasteiger partial charge in [0, 0.05) is 12.6 Å². The molecule has 0 saturated carbocycles. The van der Waals surface area contributed by atoms with Gasteiger partial charge in [-0.25, -0.2) is 0 Å². The number of aliphatic hydroxyl groups excluding tert-OH is 1. The molecule has 0 amide bonds. The zero-order valence-corrected chi connectivity index (χ0v) is 8.99. The molecule has 0 aromatic rings. The molecule has 0 fully saturated rings. The predicted octanol–water partition coefficient (Wildman–Crippen LogP) is 1.24. The highest BCUT2D eigenvalue weighted by Crippen LogP contribution is 2.07. The number of hydrogen-bond donors (Lipinski definition) is 1. The molecule has 0 spiro atoms. The molecule has 0 radical (unpaired) electrons. The van der Waals surface area contributed by atoms with Gasteiger partial charge in [-0.3, -0.25) is 4.90 Å². The van der Waals surface area contributed by atoms with E-state index in [0.717, 1.165) is 13.1 Å². The topological polar surface area (TPSA) is 47.3 Å². The number of rotatable bonds is 5. The average molecular weight is 184 g/mol. The van der Waals surface area contributed by atoms with E-state index in [1.165, 1.54) is 0 Å². The summed E-state index contributed by atoms with van der Waals surface area (Å²) in [6.07, 6.45) is -0.342. The summed E-state index contributed by atoms with van der Waals surface area (Å²) in [6, 6.07) is 2.33. The molecule has 3 nitrogen and oxygen atoms in total. The Balaban J connectivity index is 4.11. The third-order valence-electron chi connectivity index (χ3n) is 2.41. The van der Waals surface area contributed by atoms with Gasteiger partial charge < -0.3 is 5.11 Å². The minimum atomic E-state index is -0.342. The van der Waals surface area contributed by atoms with E-state index < -0.39 is 0 Å². The maximum atomic E-state index is 9.38. The van der Waals surface area contributed by atoms with E-state index in [2.05, 4.69) is 11.0 Å². The zero-order chi connectivity index (χ0) is 10.4. The van der Waals surface area contributed by atoms with Crippen LogP contribution in [0, 0.1) is 17.2 Å². The van der Waals surface area contributed by atoms with Gasteiger partial charge in [0.05, 0.1) is 18.1 Å². The molecular formula is C10H20N2O. The SMILES string of the molecule is CCN(CC(C)C#N)C(C)C(C)O. The van der Waals surface area contributed by atoms with Gasteiger partial charge >= 0.3 is 0 Å². The number of aliphatic hydroxyl groups is 1. The van der Waals surface area contributed by atoms with E-state index in [9.17, 15) is 5.11 Å². The Bertz CT molecular complexity index is 174. The van der Waals surface area contributed by atoms with Gasteiger partial charge in [0.2, 0.25) is 0 Å². The molecular weight excluding hydrogens is 164 g/mol. The lowest BCUT2D eigenvalue weighted by Gasteiger charge is -2.30. The minimum Gasteiger partial charge on any atom is -0.392 e. The van der Waals surface area contributed by atoms with Crippen molar-refractivity contribution in [1.82, 2.24) is 4.90 Å². The van der Waals surface area contributed by atoms with E-state index >= 15 is 0 Å². The van der Waals surface area contributed by atoms with E-state index in [1.807, 2.05) is 20.8 Å². The smallest absolute Gasteiger partial charge is 0.0666 e. The van der Waals surface area contributed by atoms with Crippen molar-refractivity contribution < 1.29 is 5.11 Å². The first-order valence-electron chi connectivity index (χ1n) is 4.84. The molecule has 76 valence electrons. The van der Waals surface area contributed by atoms with Crippen LogP contribution >= 0.6 is 0 Å². The van der Waals surface area contributed by atoms with Crippen LogP contribution in [0.15, 0.2) is 0 Å². The van der Waals surface area contributed by atoms with Crippen LogP contribution in [0.3, 0.4) is 0 Å². The van der Waals surface area contributed by atoms with Crippen LogP contribution in [0.4, 0.5) is 0 Å². The second-order valence-corrected chi connectivity index (χ2v) is 3.60. The maximum absolute atomic E-state index is 9.38. The average Bonchev–Trinajstić information content (AvgIpc) is 2.12. The quantitative estimate of drug-likeness (QED) is 0.699. The minimum absolute atomic E-state index is 0.0288. The zero-order valence-electron chi connectivity index (χ0n) is 8.99. The highest BCUT2D eigenvalue weighted by molar-refractivity contribution is 4.83. The molecule has 0 heterocycles. The van der Waals surface area contributed by atoms with Crippen LogP contribution in [0.2, 0.25) is 0 Å². The first-order valence-corrected chi connectivity index (χ1v) is 4.84. The summed E-state index contributed by atoms with van der Waals surface area (Å²) in [5.41, 5.74) is 0.